The monoisotopic (exact) mass is 278 g/mol. The third-order valence-electron chi connectivity index (χ3n) is 2.58. The van der Waals surface area contributed by atoms with Gasteiger partial charge in [-0.15, -0.1) is 0 Å². The van der Waals surface area contributed by atoms with Crippen LogP contribution in [-0.4, -0.2) is 26.3 Å². The van der Waals surface area contributed by atoms with E-state index in [4.69, 9.17) is 16.3 Å². The van der Waals surface area contributed by atoms with Crippen molar-refractivity contribution in [3.63, 3.8) is 0 Å². The van der Waals surface area contributed by atoms with E-state index in [1.54, 1.807) is 6.92 Å². The summed E-state index contributed by atoms with van der Waals surface area (Å²) < 4.78 is 25.6. The van der Waals surface area contributed by atoms with Crippen molar-refractivity contribution in [3.05, 3.63) is 23.8 Å². The molecule has 0 aliphatic carbocycles. The Morgan fingerprint density at radius 3 is 2.53 bits per heavy atom. The highest BCUT2D eigenvalue weighted by atomic mass is 32.2. The second-order valence-corrected chi connectivity index (χ2v) is 6.19. The van der Waals surface area contributed by atoms with Gasteiger partial charge in [-0.1, -0.05) is 0 Å². The molecule has 0 fully saturated rings. The first kappa shape index (κ1) is 15.0. The lowest BCUT2D eigenvalue weighted by Gasteiger charge is -2.19. The van der Waals surface area contributed by atoms with Gasteiger partial charge in [-0.2, -0.15) is 14.8 Å². The van der Waals surface area contributed by atoms with Gasteiger partial charge in [0, 0.05) is 13.6 Å². The maximum absolute atomic E-state index is 12.3. The normalized spacial score (nSPS) is 12.7. The first-order valence-electron chi connectivity index (χ1n) is 5.48. The zero-order valence-electron chi connectivity index (χ0n) is 10.7. The van der Waals surface area contributed by atoms with Gasteiger partial charge < -0.3 is 5.73 Å². The second-order valence-electron chi connectivity index (χ2n) is 4.18. The highest BCUT2D eigenvalue weighted by molar-refractivity contribution is 7.89. The molecular weight excluding hydrogens is 264 g/mol. The van der Waals surface area contributed by atoms with Crippen LogP contribution < -0.4 is 5.73 Å². The highest BCUT2D eigenvalue weighted by Crippen LogP contribution is 2.23. The zero-order valence-corrected chi connectivity index (χ0v) is 11.5. The van der Waals surface area contributed by atoms with E-state index in [1.807, 2.05) is 12.1 Å². The van der Waals surface area contributed by atoms with Crippen LogP contribution in [0.5, 0.6) is 0 Å². The molecule has 100 valence electrons. The number of hydrogen-bond donors (Lipinski definition) is 1. The van der Waals surface area contributed by atoms with E-state index in [9.17, 15) is 8.42 Å². The van der Waals surface area contributed by atoms with Crippen LogP contribution in [0.4, 0.5) is 5.69 Å². The predicted molar refractivity (Wildman–Crippen MR) is 70.2 cm³/mol. The Bertz CT molecular complexity index is 655. The molecule has 0 saturated heterocycles. The van der Waals surface area contributed by atoms with Crippen molar-refractivity contribution in [2.75, 3.05) is 19.3 Å². The molecule has 0 aromatic heterocycles. The molecule has 0 saturated carbocycles. The Morgan fingerprint density at radius 1 is 1.42 bits per heavy atom. The average Bonchev–Trinajstić information content (AvgIpc) is 2.37. The molecule has 0 heterocycles. The minimum Gasteiger partial charge on any atom is -0.398 e. The molecule has 6 nitrogen and oxygen atoms in total. The summed E-state index contributed by atoms with van der Waals surface area (Å²) in [7, 11) is -2.36. The molecule has 1 unspecified atom stereocenters. The average molecular weight is 278 g/mol. The predicted octanol–water partition coefficient (Wildman–Crippen LogP) is 0.921. The molecule has 1 rings (SSSR count). The Morgan fingerprint density at radius 2 is 2.05 bits per heavy atom. The number of nitrogens with two attached hydrogens (primary N) is 1. The topological polar surface area (TPSA) is 111 Å². The molecule has 0 spiro atoms. The second kappa shape index (κ2) is 5.70. The highest BCUT2D eigenvalue weighted by Gasteiger charge is 2.24. The lowest BCUT2D eigenvalue weighted by molar-refractivity contribution is 0.439. The molecule has 19 heavy (non-hydrogen) atoms. The quantitative estimate of drug-likeness (QED) is 0.823. The SMILES string of the molecule is CC(C#N)CN(C)S(=O)(=O)c1ccc(C#N)cc1N. The number of rotatable bonds is 4. The Hall–Kier alpha value is -2.09. The van der Waals surface area contributed by atoms with Gasteiger partial charge in [0.2, 0.25) is 10.0 Å². The molecule has 0 bridgehead atoms. The lowest BCUT2D eigenvalue weighted by atomic mass is 10.2. The minimum atomic E-state index is -3.75. The molecule has 0 aliphatic rings. The van der Waals surface area contributed by atoms with Gasteiger partial charge in [-0.05, 0) is 25.1 Å². The minimum absolute atomic E-state index is 0.0236. The molecule has 1 aromatic carbocycles. The summed E-state index contributed by atoms with van der Waals surface area (Å²) in [5.74, 6) is -0.417. The largest absolute Gasteiger partial charge is 0.398 e. The smallest absolute Gasteiger partial charge is 0.244 e. The fourth-order valence-corrected chi connectivity index (χ4v) is 2.90. The van der Waals surface area contributed by atoms with Crippen molar-refractivity contribution >= 4 is 15.7 Å². The summed E-state index contributed by atoms with van der Waals surface area (Å²) in [6.45, 7) is 1.71. The van der Waals surface area contributed by atoms with Crippen molar-refractivity contribution in [1.82, 2.24) is 4.31 Å². The maximum atomic E-state index is 12.3. The van der Waals surface area contributed by atoms with Gasteiger partial charge in [0.25, 0.3) is 0 Å². The maximum Gasteiger partial charge on any atom is 0.244 e. The first-order chi connectivity index (χ1) is 8.82. The molecule has 7 heteroatoms. The molecule has 0 radical (unpaired) electrons. The van der Waals surface area contributed by atoms with Crippen LogP contribution in [0.3, 0.4) is 0 Å². The number of hydrogen-bond acceptors (Lipinski definition) is 5. The van der Waals surface area contributed by atoms with Gasteiger partial charge in [-0.3, -0.25) is 0 Å². The van der Waals surface area contributed by atoms with E-state index >= 15 is 0 Å². The van der Waals surface area contributed by atoms with Gasteiger partial charge in [0.05, 0.1) is 29.3 Å². The van der Waals surface area contributed by atoms with E-state index in [0.29, 0.717) is 5.56 Å². The fourth-order valence-electron chi connectivity index (χ4n) is 1.55. The van der Waals surface area contributed by atoms with Crippen LogP contribution in [0.15, 0.2) is 23.1 Å². The van der Waals surface area contributed by atoms with Crippen LogP contribution >= 0.6 is 0 Å². The summed E-state index contributed by atoms with van der Waals surface area (Å²) >= 11 is 0. The fraction of sp³-hybridized carbons (Fsp3) is 0.333. The van der Waals surface area contributed by atoms with Gasteiger partial charge in [0.15, 0.2) is 0 Å². The van der Waals surface area contributed by atoms with Gasteiger partial charge in [-0.25, -0.2) is 8.42 Å². The van der Waals surface area contributed by atoms with E-state index in [0.717, 1.165) is 4.31 Å². The van der Waals surface area contributed by atoms with Crippen LogP contribution in [0, 0.1) is 28.6 Å². The van der Waals surface area contributed by atoms with Crippen LogP contribution in [0.1, 0.15) is 12.5 Å². The van der Waals surface area contributed by atoms with E-state index in [2.05, 4.69) is 0 Å². The van der Waals surface area contributed by atoms with Crippen molar-refractivity contribution in [2.24, 2.45) is 5.92 Å². The van der Waals surface area contributed by atoms with Crippen molar-refractivity contribution in [3.8, 4) is 12.1 Å². The number of nitriles is 2. The zero-order chi connectivity index (χ0) is 14.6. The summed E-state index contributed by atoms with van der Waals surface area (Å²) in [5, 5.41) is 17.4. The molecule has 1 atom stereocenters. The standard InChI is InChI=1S/C12H14N4O2S/c1-9(6-13)8-16(2)19(17,18)12-4-3-10(7-14)5-11(12)15/h3-5,9H,8,15H2,1-2H3. The van der Waals surface area contributed by atoms with Crippen LogP contribution in [-0.2, 0) is 10.0 Å². The van der Waals surface area contributed by atoms with E-state index < -0.39 is 15.9 Å². The number of anilines is 1. The van der Waals surface area contributed by atoms with Crippen molar-refractivity contribution in [2.45, 2.75) is 11.8 Å². The third kappa shape index (κ3) is 3.22. The molecule has 0 aliphatic heterocycles. The first-order valence-corrected chi connectivity index (χ1v) is 6.92. The number of benzene rings is 1. The molecule has 0 amide bonds. The van der Waals surface area contributed by atoms with Crippen LogP contribution in [0.25, 0.3) is 0 Å². The summed E-state index contributed by atoms with van der Waals surface area (Å²) in [5.41, 5.74) is 5.98. The Balaban J connectivity index is 3.15. The summed E-state index contributed by atoms with van der Waals surface area (Å²) in [6, 6.07) is 7.87. The lowest BCUT2D eigenvalue weighted by Crippen LogP contribution is -2.31. The van der Waals surface area contributed by atoms with Gasteiger partial charge >= 0.3 is 0 Å². The van der Waals surface area contributed by atoms with Gasteiger partial charge in [0.1, 0.15) is 4.90 Å². The summed E-state index contributed by atoms with van der Waals surface area (Å²) in [4.78, 5) is -0.0564. The molecule has 2 N–H and O–H groups in total. The molecule has 1 aromatic rings. The summed E-state index contributed by atoms with van der Waals surface area (Å²) in [6.07, 6.45) is 0. The van der Waals surface area contributed by atoms with E-state index in [-0.39, 0.29) is 17.1 Å². The Kier molecular flexibility index (Phi) is 4.49. The number of nitrogen functional groups attached to an aromatic ring is 1. The van der Waals surface area contributed by atoms with Crippen LogP contribution in [0.2, 0.25) is 0 Å². The molecular formula is C12H14N4O2S. The third-order valence-corrected chi connectivity index (χ3v) is 4.48. The number of nitrogens with zero attached hydrogens (tertiary/aromatic N) is 3. The number of sulfonamides is 1. The van der Waals surface area contributed by atoms with E-state index in [1.165, 1.54) is 25.2 Å². The van der Waals surface area contributed by atoms with Crippen molar-refractivity contribution < 1.29 is 8.42 Å². The van der Waals surface area contributed by atoms with Crippen molar-refractivity contribution in [1.29, 1.82) is 10.5 Å². The Labute approximate surface area is 112 Å².